The van der Waals surface area contributed by atoms with E-state index in [-0.39, 0.29) is 11.1 Å². The van der Waals surface area contributed by atoms with Crippen molar-refractivity contribution in [3.05, 3.63) is 71.8 Å². The third-order valence-corrected chi connectivity index (χ3v) is 6.34. The first kappa shape index (κ1) is 30.0. The number of methoxy groups -OCH3 is 1. The van der Waals surface area contributed by atoms with Crippen LogP contribution in [0.4, 0.5) is 13.2 Å². The molecule has 2 aromatic carbocycles. The molecule has 0 spiro atoms. The summed E-state index contributed by atoms with van der Waals surface area (Å²) in [6.45, 7) is 0.155. The lowest BCUT2D eigenvalue weighted by Gasteiger charge is -2.43. The number of carbonyl (C=O) groups is 3. The maximum atomic E-state index is 13.3. The first-order chi connectivity index (χ1) is 18.3. The molecule has 0 unspecified atom stereocenters. The first-order valence-corrected chi connectivity index (χ1v) is 12.6. The number of rotatable bonds is 9. The molecular formula is C24H23F3O11S. The first-order valence-electron chi connectivity index (χ1n) is 11.2. The van der Waals surface area contributed by atoms with E-state index < -0.39 is 70.8 Å². The normalized spacial score (nSPS) is 23.5. The summed E-state index contributed by atoms with van der Waals surface area (Å²) in [5.41, 5.74) is -5.95. The lowest BCUT2D eigenvalue weighted by Crippen LogP contribution is -2.63. The van der Waals surface area contributed by atoms with Crippen molar-refractivity contribution in [1.29, 1.82) is 0 Å². The van der Waals surface area contributed by atoms with E-state index in [9.17, 15) is 36.0 Å². The van der Waals surface area contributed by atoms with Crippen LogP contribution in [0.5, 0.6) is 0 Å². The van der Waals surface area contributed by atoms with Gasteiger partial charge >= 0.3 is 33.5 Å². The van der Waals surface area contributed by atoms with Gasteiger partial charge in [0.15, 0.2) is 18.5 Å². The van der Waals surface area contributed by atoms with Crippen molar-refractivity contribution in [2.24, 2.45) is 0 Å². The Labute approximate surface area is 220 Å². The van der Waals surface area contributed by atoms with E-state index in [1.165, 1.54) is 48.5 Å². The van der Waals surface area contributed by atoms with Crippen molar-refractivity contribution >= 4 is 28.0 Å². The molecule has 2 aromatic rings. The van der Waals surface area contributed by atoms with Gasteiger partial charge in [-0.1, -0.05) is 36.4 Å². The highest BCUT2D eigenvalue weighted by molar-refractivity contribution is 7.87. The summed E-state index contributed by atoms with van der Waals surface area (Å²) >= 11 is 0. The SMILES string of the molecule is CO[C@H]1O[C@H](COC(C)=O)[C@H](OS(=O)(=O)C(F)(F)F)[C@H](OC(=O)c2ccccc2)[C@H]1OC(=O)c1ccccc1. The van der Waals surface area contributed by atoms with Crippen LogP contribution >= 0.6 is 0 Å². The fourth-order valence-electron chi connectivity index (χ4n) is 3.51. The monoisotopic (exact) mass is 576 g/mol. The van der Waals surface area contributed by atoms with Crippen LogP contribution in [0.3, 0.4) is 0 Å². The standard InChI is InChI=1S/C24H23F3O11S/c1-14(28)34-13-17-18(38-39(31,32)24(25,26)27)19(36-21(29)15-9-5-3-6-10-15)20(23(33-2)35-17)37-22(30)16-11-7-4-8-12-16/h3-12,17-20,23H,13H2,1-2H3/t17-,18+,19+,20-,23+/m1/s1. The van der Waals surface area contributed by atoms with Crippen molar-refractivity contribution < 1.29 is 63.8 Å². The molecule has 1 fully saturated rings. The molecule has 3 rings (SSSR count). The van der Waals surface area contributed by atoms with E-state index in [1.807, 2.05) is 0 Å². The molecule has 15 heteroatoms. The minimum atomic E-state index is -6.32. The zero-order chi connectivity index (χ0) is 28.8. The molecular weight excluding hydrogens is 553 g/mol. The zero-order valence-corrected chi connectivity index (χ0v) is 21.2. The molecule has 1 aliphatic rings. The molecule has 0 bridgehead atoms. The molecule has 1 heterocycles. The predicted molar refractivity (Wildman–Crippen MR) is 123 cm³/mol. The number of alkyl halides is 3. The Bertz CT molecular complexity index is 1250. The van der Waals surface area contributed by atoms with Crippen LogP contribution < -0.4 is 0 Å². The van der Waals surface area contributed by atoms with Gasteiger partial charge in [0.05, 0.1) is 11.1 Å². The Morgan fingerprint density at radius 3 is 1.77 bits per heavy atom. The van der Waals surface area contributed by atoms with Crippen LogP contribution in [-0.4, -0.2) is 76.3 Å². The van der Waals surface area contributed by atoms with Crippen LogP contribution in [0.25, 0.3) is 0 Å². The van der Waals surface area contributed by atoms with Gasteiger partial charge in [-0.25, -0.2) is 9.59 Å². The van der Waals surface area contributed by atoms with Crippen molar-refractivity contribution in [2.75, 3.05) is 13.7 Å². The third kappa shape index (κ3) is 7.53. The summed E-state index contributed by atoms with van der Waals surface area (Å²) < 4.78 is 94.7. The number of hydrogen-bond acceptors (Lipinski definition) is 11. The van der Waals surface area contributed by atoms with E-state index in [0.29, 0.717) is 0 Å². The lowest BCUT2D eigenvalue weighted by molar-refractivity contribution is -0.289. The summed E-state index contributed by atoms with van der Waals surface area (Å²) in [6, 6.07) is 14.5. The highest BCUT2D eigenvalue weighted by Crippen LogP contribution is 2.34. The maximum Gasteiger partial charge on any atom is 0.523 e. The Hall–Kier alpha value is -3.53. The number of esters is 3. The number of hydrogen-bond donors (Lipinski definition) is 0. The average Bonchev–Trinajstić information content (AvgIpc) is 2.89. The number of carbonyl (C=O) groups excluding carboxylic acids is 3. The van der Waals surface area contributed by atoms with Crippen LogP contribution in [0, 0.1) is 0 Å². The van der Waals surface area contributed by atoms with Crippen LogP contribution in [0.1, 0.15) is 27.6 Å². The minimum Gasteiger partial charge on any atom is -0.463 e. The molecule has 212 valence electrons. The van der Waals surface area contributed by atoms with Gasteiger partial charge in [-0.2, -0.15) is 21.6 Å². The number of halogens is 3. The van der Waals surface area contributed by atoms with Gasteiger partial charge < -0.3 is 23.7 Å². The molecule has 0 aromatic heterocycles. The molecule has 39 heavy (non-hydrogen) atoms. The predicted octanol–water partition coefficient (Wildman–Crippen LogP) is 2.61. The molecule has 0 saturated carbocycles. The highest BCUT2D eigenvalue weighted by Gasteiger charge is 2.57. The van der Waals surface area contributed by atoms with Crippen LogP contribution in [0.15, 0.2) is 60.7 Å². The second kappa shape index (κ2) is 12.5. The molecule has 0 radical (unpaired) electrons. The van der Waals surface area contributed by atoms with Gasteiger partial charge in [0.25, 0.3) is 0 Å². The van der Waals surface area contributed by atoms with E-state index in [0.717, 1.165) is 14.0 Å². The summed E-state index contributed by atoms with van der Waals surface area (Å²) in [5, 5.41) is 0. The van der Waals surface area contributed by atoms with Crippen molar-refractivity contribution in [2.45, 2.75) is 43.1 Å². The Morgan fingerprint density at radius 2 is 1.33 bits per heavy atom. The number of ether oxygens (including phenoxy) is 5. The second-order valence-electron chi connectivity index (χ2n) is 8.01. The molecule has 11 nitrogen and oxygen atoms in total. The van der Waals surface area contributed by atoms with Gasteiger partial charge in [0.1, 0.15) is 18.8 Å². The molecule has 1 aliphatic heterocycles. The zero-order valence-electron chi connectivity index (χ0n) is 20.4. The van der Waals surface area contributed by atoms with Crippen molar-refractivity contribution in [3.8, 4) is 0 Å². The van der Waals surface area contributed by atoms with Gasteiger partial charge in [0, 0.05) is 14.0 Å². The van der Waals surface area contributed by atoms with E-state index in [4.69, 9.17) is 23.7 Å². The van der Waals surface area contributed by atoms with Crippen molar-refractivity contribution in [1.82, 2.24) is 0 Å². The summed E-state index contributed by atoms with van der Waals surface area (Å²) in [6.07, 6.45) is -9.60. The Kier molecular flexibility index (Phi) is 9.66. The van der Waals surface area contributed by atoms with Gasteiger partial charge in [0.2, 0.25) is 0 Å². The second-order valence-corrected chi connectivity index (χ2v) is 9.58. The lowest BCUT2D eigenvalue weighted by atomic mass is 9.98. The Balaban J connectivity index is 2.08. The molecule has 0 aliphatic carbocycles. The third-order valence-electron chi connectivity index (χ3n) is 5.30. The van der Waals surface area contributed by atoms with Gasteiger partial charge in [-0.05, 0) is 24.3 Å². The van der Waals surface area contributed by atoms with E-state index in [2.05, 4.69) is 4.18 Å². The van der Waals surface area contributed by atoms with Crippen LogP contribution in [-0.2, 0) is 42.8 Å². The fourth-order valence-corrected chi connectivity index (χ4v) is 4.14. The van der Waals surface area contributed by atoms with E-state index >= 15 is 0 Å². The highest BCUT2D eigenvalue weighted by atomic mass is 32.2. The van der Waals surface area contributed by atoms with Crippen molar-refractivity contribution in [3.63, 3.8) is 0 Å². The van der Waals surface area contributed by atoms with E-state index in [1.54, 1.807) is 12.1 Å². The van der Waals surface area contributed by atoms with Gasteiger partial charge in [-0.3, -0.25) is 8.98 Å². The molecule has 1 saturated heterocycles. The number of benzene rings is 2. The van der Waals surface area contributed by atoms with Crippen LogP contribution in [0.2, 0.25) is 0 Å². The topological polar surface area (TPSA) is 141 Å². The summed E-state index contributed by atoms with van der Waals surface area (Å²) in [7, 11) is -5.24. The maximum absolute atomic E-state index is 13.3. The quantitative estimate of drug-likeness (QED) is 0.188. The molecule has 5 atom stereocenters. The molecule has 0 N–H and O–H groups in total. The molecule has 0 amide bonds. The summed E-state index contributed by atoms with van der Waals surface area (Å²) in [5.74, 6) is -3.04. The average molecular weight is 576 g/mol. The van der Waals surface area contributed by atoms with Gasteiger partial charge in [-0.15, -0.1) is 0 Å². The largest absolute Gasteiger partial charge is 0.523 e. The fraction of sp³-hybridized carbons (Fsp3) is 0.375. The minimum absolute atomic E-state index is 0.00269. The Morgan fingerprint density at radius 1 is 0.846 bits per heavy atom. The summed E-state index contributed by atoms with van der Waals surface area (Å²) in [4.78, 5) is 37.2. The smallest absolute Gasteiger partial charge is 0.463 e.